The normalized spacial score (nSPS) is 11.4. The summed E-state index contributed by atoms with van der Waals surface area (Å²) in [5, 5.41) is 14.6. The van der Waals surface area contributed by atoms with Crippen molar-refractivity contribution >= 4 is 45.2 Å². The molecular weight excluding hydrogens is 326 g/mol. The lowest BCUT2D eigenvalue weighted by Crippen LogP contribution is -2.28. The van der Waals surface area contributed by atoms with Crippen LogP contribution in [0, 0.1) is 0 Å². The Morgan fingerprint density at radius 3 is 2.91 bits per heavy atom. The largest absolute Gasteiger partial charge is 0.491 e. The van der Waals surface area contributed by atoms with E-state index in [1.54, 1.807) is 30.0 Å². The molecule has 3 aromatic rings. The van der Waals surface area contributed by atoms with Crippen molar-refractivity contribution in [3.05, 3.63) is 43.8 Å². The monoisotopic (exact) mass is 337 g/mol. The van der Waals surface area contributed by atoms with Gasteiger partial charge in [0, 0.05) is 16.2 Å². The fraction of sp³-hybridized carbons (Fsp3) is 0.214. The van der Waals surface area contributed by atoms with Crippen molar-refractivity contribution in [3.8, 4) is 5.88 Å². The van der Waals surface area contributed by atoms with Crippen molar-refractivity contribution < 1.29 is 5.11 Å². The molecule has 0 bridgehead atoms. The molecule has 22 heavy (non-hydrogen) atoms. The van der Waals surface area contributed by atoms with Crippen LogP contribution in [-0.2, 0) is 6.54 Å². The van der Waals surface area contributed by atoms with Crippen LogP contribution in [0.3, 0.4) is 0 Å². The molecule has 0 aliphatic rings. The van der Waals surface area contributed by atoms with Crippen LogP contribution in [0.15, 0.2) is 27.8 Å². The summed E-state index contributed by atoms with van der Waals surface area (Å²) in [5.74, 6) is 0.272. The summed E-state index contributed by atoms with van der Waals surface area (Å²) in [7, 11) is 0. The highest BCUT2D eigenvalue weighted by Crippen LogP contribution is 2.20. The Labute approximate surface area is 133 Å². The van der Waals surface area contributed by atoms with Crippen LogP contribution in [0.2, 0.25) is 5.02 Å². The molecule has 0 fully saturated rings. The van der Waals surface area contributed by atoms with E-state index in [2.05, 4.69) is 10.1 Å². The van der Waals surface area contributed by atoms with Gasteiger partial charge in [0.2, 0.25) is 5.43 Å². The first-order chi connectivity index (χ1) is 10.5. The van der Waals surface area contributed by atoms with Gasteiger partial charge in [-0.3, -0.25) is 9.59 Å². The summed E-state index contributed by atoms with van der Waals surface area (Å²) in [6.45, 7) is 0.321. The average molecular weight is 338 g/mol. The number of halogens is 1. The summed E-state index contributed by atoms with van der Waals surface area (Å²) in [4.78, 5) is 27.9. The Morgan fingerprint density at radius 2 is 2.18 bits per heavy atom. The number of nitrogens with zero attached hydrogens (tertiary/aromatic N) is 2. The number of H-pyrrole nitrogens is 1. The number of aromatic amines is 1. The Kier molecular flexibility index (Phi) is 3.84. The van der Waals surface area contributed by atoms with Crippen LogP contribution < -0.4 is 11.0 Å². The van der Waals surface area contributed by atoms with Gasteiger partial charge in [-0.1, -0.05) is 11.6 Å². The van der Waals surface area contributed by atoms with E-state index >= 15 is 0 Å². The number of fused-ring (bicyclic) bond motifs is 2. The van der Waals surface area contributed by atoms with Crippen LogP contribution in [0.25, 0.3) is 21.8 Å². The van der Waals surface area contributed by atoms with Gasteiger partial charge in [-0.2, -0.15) is 11.8 Å². The number of aryl methyl sites for hydroxylation is 1. The maximum atomic E-state index is 12.6. The van der Waals surface area contributed by atoms with E-state index in [-0.39, 0.29) is 16.8 Å². The van der Waals surface area contributed by atoms with Crippen LogP contribution in [0.5, 0.6) is 5.88 Å². The van der Waals surface area contributed by atoms with Crippen molar-refractivity contribution in [1.82, 2.24) is 14.8 Å². The third-order valence-corrected chi connectivity index (χ3v) is 4.18. The molecular formula is C14H12ClN3O3S. The van der Waals surface area contributed by atoms with Crippen LogP contribution in [0.4, 0.5) is 0 Å². The molecule has 0 amide bonds. The third kappa shape index (κ3) is 2.36. The van der Waals surface area contributed by atoms with E-state index in [4.69, 9.17) is 11.6 Å². The van der Waals surface area contributed by atoms with Gasteiger partial charge in [0.05, 0.1) is 12.1 Å². The molecule has 114 valence electrons. The van der Waals surface area contributed by atoms with Gasteiger partial charge in [0.15, 0.2) is 0 Å². The van der Waals surface area contributed by atoms with Gasteiger partial charge >= 0.3 is 0 Å². The second kappa shape index (κ2) is 5.66. The minimum absolute atomic E-state index is 0.0326. The highest BCUT2D eigenvalue weighted by atomic mass is 35.5. The molecule has 6 nitrogen and oxygen atoms in total. The average Bonchev–Trinajstić information content (AvgIpc) is 2.49. The lowest BCUT2D eigenvalue weighted by atomic mass is 10.1. The van der Waals surface area contributed by atoms with Crippen molar-refractivity contribution in [2.75, 3.05) is 12.0 Å². The van der Waals surface area contributed by atoms with Crippen LogP contribution in [-0.4, -0.2) is 31.9 Å². The number of benzene rings is 1. The Morgan fingerprint density at radius 1 is 1.41 bits per heavy atom. The number of nitrogens with one attached hydrogen (secondary N) is 1. The SMILES string of the molecule is CSCCn1nc(O)c2[nH]c3cc(Cl)ccc3c(=O)c2c1=O. The van der Waals surface area contributed by atoms with Gasteiger partial charge < -0.3 is 10.1 Å². The van der Waals surface area contributed by atoms with Crippen molar-refractivity contribution in [1.29, 1.82) is 0 Å². The molecule has 0 spiro atoms. The summed E-state index contributed by atoms with van der Waals surface area (Å²) in [6, 6.07) is 4.70. The van der Waals surface area contributed by atoms with Gasteiger partial charge in [-0.25, -0.2) is 4.68 Å². The second-order valence-corrected chi connectivity index (χ2v) is 6.16. The molecule has 0 saturated heterocycles. The van der Waals surface area contributed by atoms with Gasteiger partial charge in [0.25, 0.3) is 11.4 Å². The van der Waals surface area contributed by atoms with Gasteiger partial charge in [-0.15, -0.1) is 5.10 Å². The van der Waals surface area contributed by atoms with Crippen LogP contribution in [0.1, 0.15) is 0 Å². The van der Waals surface area contributed by atoms with Gasteiger partial charge in [-0.05, 0) is 24.5 Å². The van der Waals surface area contributed by atoms with Gasteiger partial charge in [0.1, 0.15) is 10.9 Å². The number of thioether (sulfide) groups is 1. The predicted octanol–water partition coefficient (Wildman–Crippen LogP) is 1.96. The fourth-order valence-electron chi connectivity index (χ4n) is 2.30. The molecule has 2 N–H and O–H groups in total. The Hall–Kier alpha value is -1.99. The Balaban J connectivity index is 2.43. The van der Waals surface area contributed by atoms with Crippen molar-refractivity contribution in [2.45, 2.75) is 6.54 Å². The third-order valence-electron chi connectivity index (χ3n) is 3.36. The molecule has 8 heteroatoms. The zero-order valence-corrected chi connectivity index (χ0v) is 13.2. The quantitative estimate of drug-likeness (QED) is 0.713. The van der Waals surface area contributed by atoms with Crippen molar-refractivity contribution in [3.63, 3.8) is 0 Å². The van der Waals surface area contributed by atoms with E-state index < -0.39 is 11.0 Å². The lowest BCUT2D eigenvalue weighted by molar-refractivity contribution is 0.429. The molecule has 3 rings (SSSR count). The second-order valence-electron chi connectivity index (χ2n) is 4.74. The molecule has 0 saturated carbocycles. The molecule has 2 heterocycles. The zero-order chi connectivity index (χ0) is 15.9. The highest BCUT2D eigenvalue weighted by Gasteiger charge is 2.16. The van der Waals surface area contributed by atoms with E-state index in [1.807, 2.05) is 6.26 Å². The minimum atomic E-state index is -0.514. The fourth-order valence-corrected chi connectivity index (χ4v) is 2.83. The number of hydrogen-bond acceptors (Lipinski definition) is 5. The molecule has 0 unspecified atom stereocenters. The Bertz CT molecular complexity index is 996. The minimum Gasteiger partial charge on any atom is -0.491 e. The van der Waals surface area contributed by atoms with Crippen molar-refractivity contribution in [2.24, 2.45) is 0 Å². The molecule has 0 atom stereocenters. The van der Waals surface area contributed by atoms with E-state index in [1.165, 1.54) is 0 Å². The molecule has 0 aliphatic carbocycles. The van der Waals surface area contributed by atoms with Crippen LogP contribution >= 0.6 is 23.4 Å². The number of rotatable bonds is 3. The van der Waals surface area contributed by atoms with E-state index in [0.29, 0.717) is 28.2 Å². The van der Waals surface area contributed by atoms with E-state index in [9.17, 15) is 14.7 Å². The maximum Gasteiger partial charge on any atom is 0.280 e. The smallest absolute Gasteiger partial charge is 0.280 e. The summed E-state index contributed by atoms with van der Waals surface area (Å²) < 4.78 is 1.12. The highest BCUT2D eigenvalue weighted by molar-refractivity contribution is 7.98. The first-order valence-corrected chi connectivity index (χ1v) is 8.24. The topological polar surface area (TPSA) is 88.0 Å². The summed E-state index contributed by atoms with van der Waals surface area (Å²) in [5.41, 5.74) is -0.477. The predicted molar refractivity (Wildman–Crippen MR) is 89.2 cm³/mol. The maximum absolute atomic E-state index is 12.6. The first-order valence-electron chi connectivity index (χ1n) is 6.47. The number of aromatic nitrogens is 3. The number of pyridine rings is 1. The number of aromatic hydroxyl groups is 1. The first kappa shape index (κ1) is 14.9. The lowest BCUT2D eigenvalue weighted by Gasteiger charge is -2.08. The molecule has 0 aliphatic heterocycles. The number of hydrogen-bond donors (Lipinski definition) is 2. The molecule has 1 aromatic carbocycles. The zero-order valence-electron chi connectivity index (χ0n) is 11.6. The molecule has 2 aromatic heterocycles. The molecule has 0 radical (unpaired) electrons. The summed E-state index contributed by atoms with van der Waals surface area (Å²) >= 11 is 7.45. The van der Waals surface area contributed by atoms with E-state index in [0.717, 1.165) is 4.68 Å². The standard InChI is InChI=1S/C14H12ClN3O3S/c1-22-5-4-18-14(21)10-11(13(20)17-18)16-9-6-7(15)2-3-8(9)12(10)19/h2-3,6H,4-5H2,1H3,(H,16,19)(H,17,20). The summed E-state index contributed by atoms with van der Waals surface area (Å²) in [6.07, 6.45) is 1.90.